The topological polar surface area (TPSA) is 17.8 Å². The van der Waals surface area contributed by atoms with Crippen molar-refractivity contribution in [1.82, 2.24) is 9.55 Å². The largest absolute Gasteiger partial charge is 0.416 e. The van der Waals surface area contributed by atoms with Gasteiger partial charge in [-0.3, -0.25) is 0 Å². The maximum absolute atomic E-state index is 12.5. The number of hydrogen-bond donors (Lipinski definition) is 0. The first-order valence-corrected chi connectivity index (χ1v) is 9.33. The van der Waals surface area contributed by atoms with Crippen LogP contribution in [0.1, 0.15) is 33.3 Å². The Morgan fingerprint density at radius 2 is 1.46 bits per heavy atom. The minimum atomic E-state index is -4.27. The van der Waals surface area contributed by atoms with Gasteiger partial charge in [0.15, 0.2) is 0 Å². The van der Waals surface area contributed by atoms with Gasteiger partial charge in [0.05, 0.1) is 11.9 Å². The number of nitrogens with zero attached hydrogens (tertiary/aromatic N) is 2. The van der Waals surface area contributed by atoms with Crippen molar-refractivity contribution in [2.45, 2.75) is 45.7 Å². The number of halogens is 3. The van der Waals surface area contributed by atoms with Gasteiger partial charge in [0.25, 0.3) is 0 Å². The summed E-state index contributed by atoms with van der Waals surface area (Å²) < 4.78 is 39.7. The van der Waals surface area contributed by atoms with Gasteiger partial charge in [-0.2, -0.15) is 13.2 Å². The predicted molar refractivity (Wildman–Crippen MR) is 111 cm³/mol. The van der Waals surface area contributed by atoms with Crippen molar-refractivity contribution in [1.29, 1.82) is 0 Å². The monoisotopic (exact) mass is 386 g/mol. The van der Waals surface area contributed by atoms with Crippen molar-refractivity contribution >= 4 is 17.6 Å². The van der Waals surface area contributed by atoms with E-state index in [1.54, 1.807) is 18.3 Å². The summed E-state index contributed by atoms with van der Waals surface area (Å²) in [6, 6.07) is 15.3. The van der Waals surface area contributed by atoms with Gasteiger partial charge in [-0.15, -0.1) is 0 Å². The Labute approximate surface area is 165 Å². The van der Waals surface area contributed by atoms with Crippen LogP contribution in [0.5, 0.6) is 0 Å². The van der Waals surface area contributed by atoms with E-state index in [0.29, 0.717) is 0 Å². The van der Waals surface area contributed by atoms with Crippen LogP contribution in [0.25, 0.3) is 0 Å². The molecule has 0 aliphatic heterocycles. The molecule has 0 aliphatic carbocycles. The molecule has 3 aromatic rings. The summed E-state index contributed by atoms with van der Waals surface area (Å²) in [5.41, 5.74) is 1.63. The van der Waals surface area contributed by atoms with Crippen molar-refractivity contribution in [2.75, 3.05) is 0 Å². The minimum Gasteiger partial charge on any atom is -0.332 e. The molecule has 1 heterocycles. The minimum absolute atomic E-state index is 0.142. The van der Waals surface area contributed by atoms with Gasteiger partial charge < -0.3 is 4.57 Å². The first-order valence-electron chi connectivity index (χ1n) is 9.33. The molecule has 0 unspecified atom stereocenters. The van der Waals surface area contributed by atoms with Crippen LogP contribution in [0.3, 0.4) is 0 Å². The van der Waals surface area contributed by atoms with Gasteiger partial charge in [0.2, 0.25) is 6.71 Å². The molecular weight excluding hydrogens is 360 g/mol. The van der Waals surface area contributed by atoms with E-state index in [0.717, 1.165) is 29.4 Å². The third kappa shape index (κ3) is 6.01. The molecule has 0 bridgehead atoms. The van der Waals surface area contributed by atoms with Crippen molar-refractivity contribution in [3.8, 4) is 0 Å². The molecule has 1 aromatic heterocycles. The Hall–Kier alpha value is -2.50. The molecule has 0 radical (unpaired) electrons. The summed E-state index contributed by atoms with van der Waals surface area (Å²) in [4.78, 5) is 3.95. The Morgan fingerprint density at radius 3 is 1.86 bits per heavy atom. The first-order chi connectivity index (χ1) is 13.1. The lowest BCUT2D eigenvalue weighted by atomic mass is 9.39. The van der Waals surface area contributed by atoms with E-state index in [9.17, 15) is 13.2 Å². The maximum atomic E-state index is 12.5. The highest BCUT2D eigenvalue weighted by Gasteiger charge is 2.30. The quantitative estimate of drug-likeness (QED) is 0.581. The number of imidazole rings is 1. The molecule has 0 atom stereocenters. The highest BCUT2D eigenvalue weighted by atomic mass is 19.4. The van der Waals surface area contributed by atoms with E-state index in [4.69, 9.17) is 0 Å². The summed E-state index contributed by atoms with van der Waals surface area (Å²) in [6.07, 6.45) is 2.19. The molecule has 2 aromatic carbocycles. The fourth-order valence-electron chi connectivity index (χ4n) is 2.91. The number of alkyl halides is 3. The summed E-state index contributed by atoms with van der Waals surface area (Å²) >= 11 is 0. The Bertz CT molecular complexity index is 821. The van der Waals surface area contributed by atoms with E-state index >= 15 is 0 Å². The van der Waals surface area contributed by atoms with Crippen LogP contribution in [0.2, 0.25) is 6.32 Å². The zero-order chi connectivity index (χ0) is 20.8. The van der Waals surface area contributed by atoms with Gasteiger partial charge in [0, 0.05) is 17.9 Å². The van der Waals surface area contributed by atoms with Gasteiger partial charge in [0.1, 0.15) is 0 Å². The normalized spacial score (nSPS) is 11.5. The fourth-order valence-corrected chi connectivity index (χ4v) is 2.91. The standard InChI is InChI=1S/C15H14BF3.C7H12N2/c1-2-16(13-6-4-3-5-7-13)14-10-8-12(9-11-14)15(17,18)19;1-7(2,3)9-5-4-8-6-9/h3-11H,2H2,1H3;4-6H,1-3H3. The highest BCUT2D eigenvalue weighted by molar-refractivity contribution is 6.85. The lowest BCUT2D eigenvalue weighted by Crippen LogP contribution is -2.41. The molecule has 28 heavy (non-hydrogen) atoms. The third-order valence-electron chi connectivity index (χ3n) is 4.53. The maximum Gasteiger partial charge on any atom is 0.416 e. The molecule has 0 saturated carbocycles. The predicted octanol–water partition coefficient (Wildman–Crippen LogP) is 4.97. The Morgan fingerprint density at radius 1 is 0.893 bits per heavy atom. The van der Waals surface area contributed by atoms with Crippen LogP contribution in [-0.2, 0) is 11.7 Å². The van der Waals surface area contributed by atoms with Crippen molar-refractivity contribution in [3.63, 3.8) is 0 Å². The van der Waals surface area contributed by atoms with Crippen LogP contribution in [-0.4, -0.2) is 16.3 Å². The smallest absolute Gasteiger partial charge is 0.332 e. The van der Waals surface area contributed by atoms with Crippen LogP contribution >= 0.6 is 0 Å². The first kappa shape index (κ1) is 21.8. The molecule has 6 heteroatoms. The second-order valence-electron chi connectivity index (χ2n) is 7.63. The number of rotatable bonds is 3. The van der Waals surface area contributed by atoms with Crippen molar-refractivity contribution in [3.05, 3.63) is 78.9 Å². The van der Waals surface area contributed by atoms with Crippen LogP contribution < -0.4 is 10.9 Å². The molecule has 0 saturated heterocycles. The molecule has 148 valence electrons. The Kier molecular flexibility index (Phi) is 7.11. The highest BCUT2D eigenvalue weighted by Crippen LogP contribution is 2.28. The summed E-state index contributed by atoms with van der Waals surface area (Å²) in [5.74, 6) is 0. The number of benzene rings is 2. The molecule has 0 amide bonds. The average molecular weight is 386 g/mol. The summed E-state index contributed by atoms with van der Waals surface area (Å²) in [6.45, 7) is 8.62. The van der Waals surface area contributed by atoms with E-state index in [2.05, 4.69) is 30.3 Å². The van der Waals surface area contributed by atoms with Crippen LogP contribution in [0.15, 0.2) is 73.3 Å². The summed E-state index contributed by atoms with van der Waals surface area (Å²) in [5, 5.41) is 0. The van der Waals surface area contributed by atoms with Gasteiger partial charge in [-0.25, -0.2) is 4.98 Å². The molecule has 0 spiro atoms. The number of aromatic nitrogens is 2. The lowest BCUT2D eigenvalue weighted by molar-refractivity contribution is -0.137. The second-order valence-corrected chi connectivity index (χ2v) is 7.63. The van der Waals surface area contributed by atoms with E-state index in [-0.39, 0.29) is 12.3 Å². The fraction of sp³-hybridized carbons (Fsp3) is 0.318. The Balaban J connectivity index is 0.000000261. The molecule has 0 N–H and O–H groups in total. The van der Waals surface area contributed by atoms with Crippen molar-refractivity contribution < 1.29 is 13.2 Å². The van der Waals surface area contributed by atoms with Crippen LogP contribution in [0.4, 0.5) is 13.2 Å². The van der Waals surface area contributed by atoms with E-state index in [1.807, 2.05) is 49.8 Å². The average Bonchev–Trinajstić information content (AvgIpc) is 3.19. The second kappa shape index (κ2) is 9.13. The van der Waals surface area contributed by atoms with E-state index in [1.165, 1.54) is 0 Å². The zero-order valence-corrected chi connectivity index (χ0v) is 16.7. The van der Waals surface area contributed by atoms with Crippen LogP contribution in [0, 0.1) is 0 Å². The van der Waals surface area contributed by atoms with Gasteiger partial charge >= 0.3 is 6.18 Å². The van der Waals surface area contributed by atoms with Gasteiger partial charge in [-0.05, 0) is 20.8 Å². The number of hydrogen-bond acceptors (Lipinski definition) is 1. The molecule has 0 fully saturated rings. The third-order valence-corrected chi connectivity index (χ3v) is 4.53. The molecule has 2 nitrogen and oxygen atoms in total. The molecule has 3 rings (SSSR count). The van der Waals surface area contributed by atoms with E-state index < -0.39 is 11.7 Å². The lowest BCUT2D eigenvalue weighted by Gasteiger charge is -2.19. The van der Waals surface area contributed by atoms with Gasteiger partial charge in [-0.1, -0.05) is 78.8 Å². The van der Waals surface area contributed by atoms with Crippen molar-refractivity contribution in [2.24, 2.45) is 0 Å². The molecule has 0 aliphatic rings. The SMILES string of the molecule is CC(C)(C)n1ccnc1.CCB(c1ccccc1)c1ccc(C(F)(F)F)cc1. The molecular formula is C22H26BF3N2. The summed E-state index contributed by atoms with van der Waals surface area (Å²) in [7, 11) is 0. The zero-order valence-electron chi connectivity index (χ0n) is 16.7.